The lowest BCUT2D eigenvalue weighted by Gasteiger charge is -2.42. The van der Waals surface area contributed by atoms with Gasteiger partial charge in [0, 0.05) is 67.1 Å². The van der Waals surface area contributed by atoms with Crippen molar-refractivity contribution < 1.29 is 24.2 Å². The van der Waals surface area contributed by atoms with E-state index in [0.29, 0.717) is 43.6 Å². The molecule has 2 N–H and O–H groups in total. The van der Waals surface area contributed by atoms with E-state index in [2.05, 4.69) is 20.6 Å². The maximum atomic E-state index is 14.0. The van der Waals surface area contributed by atoms with E-state index >= 15 is 0 Å². The van der Waals surface area contributed by atoms with Gasteiger partial charge in [0.15, 0.2) is 0 Å². The Morgan fingerprint density at radius 2 is 1.72 bits per heavy atom. The molecular weight excluding hydrogens is 591 g/mol. The number of nitrogens with one attached hydrogen (secondary N) is 2. The monoisotopic (exact) mass is 620 g/mol. The SMILES string of the molecule is Cc1ccc(NC(=O)c2cc(N3CCN(C)CC3)cc(S(F)(F)(F)(F)F)c2)cc1-n1cc(C)n2nc(-c3cn[nH]c3)cc12. The maximum absolute atomic E-state index is 14.0. The molecule has 228 valence electrons. The summed E-state index contributed by atoms with van der Waals surface area (Å²) < 4.78 is 73.4. The quantitative estimate of drug-likeness (QED) is 0.204. The first-order valence-corrected chi connectivity index (χ1v) is 15.3. The Bertz CT molecular complexity index is 1860. The highest BCUT2D eigenvalue weighted by Crippen LogP contribution is 3.02. The highest BCUT2D eigenvalue weighted by atomic mass is 32.5. The summed E-state index contributed by atoms with van der Waals surface area (Å²) in [6.45, 7) is 5.53. The number of hydrogen-bond acceptors (Lipinski definition) is 5. The van der Waals surface area contributed by atoms with Gasteiger partial charge < -0.3 is 15.1 Å². The molecule has 6 rings (SSSR count). The third-order valence-electron chi connectivity index (χ3n) is 7.58. The summed E-state index contributed by atoms with van der Waals surface area (Å²) in [7, 11) is -8.21. The summed E-state index contributed by atoms with van der Waals surface area (Å²) in [5.41, 5.74) is 4.30. The zero-order chi connectivity index (χ0) is 30.8. The van der Waals surface area contributed by atoms with Gasteiger partial charge in [-0.05, 0) is 56.8 Å². The predicted octanol–water partition coefficient (Wildman–Crippen LogP) is 6.79. The molecule has 0 saturated carbocycles. The summed E-state index contributed by atoms with van der Waals surface area (Å²) in [6.07, 6.45) is 5.25. The number of likely N-dealkylation sites (N-methyl/N-ethyl adjacent to an activating group) is 1. The summed E-state index contributed by atoms with van der Waals surface area (Å²) in [5.74, 6) is -0.936. The molecule has 1 aliphatic heterocycles. The van der Waals surface area contributed by atoms with Gasteiger partial charge in [-0.2, -0.15) is 10.2 Å². The Balaban J connectivity index is 1.35. The number of rotatable bonds is 6. The third kappa shape index (κ3) is 5.69. The van der Waals surface area contributed by atoms with Crippen molar-refractivity contribution in [1.82, 2.24) is 29.3 Å². The lowest BCUT2D eigenvalue weighted by Crippen LogP contribution is -2.44. The first kappa shape index (κ1) is 28.7. The minimum atomic E-state index is -10.1. The van der Waals surface area contributed by atoms with Gasteiger partial charge in [0.2, 0.25) is 0 Å². The number of hydrogen-bond donors (Lipinski definition) is 2. The number of H-pyrrole nitrogens is 1. The van der Waals surface area contributed by atoms with Crippen LogP contribution in [-0.2, 0) is 0 Å². The van der Waals surface area contributed by atoms with E-state index in [4.69, 9.17) is 0 Å². The summed E-state index contributed by atoms with van der Waals surface area (Å²) >= 11 is 0. The second kappa shape index (κ2) is 9.31. The second-order valence-electron chi connectivity index (χ2n) is 10.9. The van der Waals surface area contributed by atoms with Crippen molar-refractivity contribution in [1.29, 1.82) is 0 Å². The smallest absolute Gasteiger partial charge is 0.310 e. The van der Waals surface area contributed by atoms with E-state index in [1.807, 2.05) is 42.6 Å². The van der Waals surface area contributed by atoms with Crippen molar-refractivity contribution in [3.63, 3.8) is 0 Å². The van der Waals surface area contributed by atoms with Crippen LogP contribution in [0.15, 0.2) is 66.0 Å². The number of fused-ring (bicyclic) bond motifs is 1. The Morgan fingerprint density at radius 1 is 0.977 bits per heavy atom. The zero-order valence-corrected chi connectivity index (χ0v) is 24.3. The van der Waals surface area contributed by atoms with Crippen molar-refractivity contribution in [2.75, 3.05) is 43.4 Å². The number of amides is 1. The van der Waals surface area contributed by atoms with Gasteiger partial charge in [0.1, 0.15) is 10.5 Å². The molecule has 4 heterocycles. The summed E-state index contributed by atoms with van der Waals surface area (Å²) in [5, 5.41) is 14.0. The van der Waals surface area contributed by atoms with E-state index in [0.717, 1.165) is 22.5 Å². The number of benzene rings is 2. The number of anilines is 2. The lowest BCUT2D eigenvalue weighted by atomic mass is 10.1. The number of nitrogens with zero attached hydrogens (tertiary/aromatic N) is 6. The summed E-state index contributed by atoms with van der Waals surface area (Å²) in [6, 6.07) is 8.81. The maximum Gasteiger partial charge on any atom is 0.310 e. The molecule has 1 amide bonds. The number of carbonyl (C=O) groups is 1. The van der Waals surface area contributed by atoms with E-state index in [1.165, 1.54) is 6.07 Å². The fourth-order valence-corrected chi connectivity index (χ4v) is 5.86. The van der Waals surface area contributed by atoms with Crippen molar-refractivity contribution in [2.24, 2.45) is 0 Å². The minimum absolute atomic E-state index is 0.0760. The van der Waals surface area contributed by atoms with Crippen LogP contribution in [0.1, 0.15) is 21.6 Å². The molecule has 1 fully saturated rings. The standard InChI is InChI=1S/C28H29F5N8OS/c1-18-4-5-22(12-26(18)40-17-19(2)41-27(40)14-25(37-41)21-15-34-35-16-21)36-28(42)20-10-23(39-8-6-38(3)7-9-39)13-24(11-20)43(29,30,31,32)33/h4-5,10-17H,6-9H2,1-3H3,(H,34,35)(H,36,42). The van der Waals surface area contributed by atoms with Crippen LogP contribution < -0.4 is 10.2 Å². The highest BCUT2D eigenvalue weighted by molar-refractivity contribution is 8.45. The van der Waals surface area contributed by atoms with Crippen molar-refractivity contribution in [3.8, 4) is 16.9 Å². The molecule has 1 saturated heterocycles. The van der Waals surface area contributed by atoms with Crippen LogP contribution in [0, 0.1) is 13.8 Å². The number of halogens is 5. The topological polar surface area (TPSA) is 86.5 Å². The highest BCUT2D eigenvalue weighted by Gasteiger charge is 2.65. The molecule has 5 aromatic rings. The Hall–Kier alpha value is -4.37. The normalized spacial score (nSPS) is 16.3. The Labute approximate surface area is 243 Å². The molecule has 15 heteroatoms. The van der Waals surface area contributed by atoms with Crippen LogP contribution in [-0.4, -0.2) is 68.4 Å². The predicted molar refractivity (Wildman–Crippen MR) is 157 cm³/mol. The number of aromatic nitrogens is 5. The van der Waals surface area contributed by atoms with Crippen molar-refractivity contribution >= 4 is 33.2 Å². The minimum Gasteiger partial charge on any atom is -0.369 e. The molecule has 43 heavy (non-hydrogen) atoms. The summed E-state index contributed by atoms with van der Waals surface area (Å²) in [4.78, 5) is 14.8. The van der Waals surface area contributed by atoms with E-state index < -0.39 is 26.6 Å². The number of imidazole rings is 1. The molecule has 0 spiro atoms. The van der Waals surface area contributed by atoms with E-state index in [-0.39, 0.29) is 17.4 Å². The Kier molecular flexibility index (Phi) is 6.22. The second-order valence-corrected chi connectivity index (χ2v) is 13.3. The van der Waals surface area contributed by atoms with Crippen LogP contribution in [0.2, 0.25) is 0 Å². The van der Waals surface area contributed by atoms with Gasteiger partial charge in [-0.25, -0.2) is 4.52 Å². The first-order valence-electron chi connectivity index (χ1n) is 13.4. The van der Waals surface area contributed by atoms with E-state index in [1.54, 1.807) is 40.0 Å². The van der Waals surface area contributed by atoms with Gasteiger partial charge in [-0.1, -0.05) is 25.5 Å². The average Bonchev–Trinajstić information content (AvgIpc) is 3.67. The molecule has 0 radical (unpaired) electrons. The van der Waals surface area contributed by atoms with Gasteiger partial charge in [-0.3, -0.25) is 14.5 Å². The Morgan fingerprint density at radius 3 is 2.40 bits per heavy atom. The number of aryl methyl sites for hydroxylation is 2. The van der Waals surface area contributed by atoms with Crippen LogP contribution in [0.4, 0.5) is 30.8 Å². The van der Waals surface area contributed by atoms with Gasteiger partial charge >= 0.3 is 10.2 Å². The average molecular weight is 621 g/mol. The molecule has 0 atom stereocenters. The molecule has 9 nitrogen and oxygen atoms in total. The van der Waals surface area contributed by atoms with Crippen molar-refractivity contribution in [2.45, 2.75) is 18.7 Å². The van der Waals surface area contributed by atoms with Gasteiger partial charge in [0.05, 0.1) is 23.3 Å². The molecular formula is C28H29F5N8OS. The lowest BCUT2D eigenvalue weighted by molar-refractivity contribution is 0.102. The fraction of sp³-hybridized carbons (Fsp3) is 0.250. The van der Waals surface area contributed by atoms with Crippen LogP contribution >= 0.6 is 10.2 Å². The molecule has 0 unspecified atom stereocenters. The molecule has 2 aromatic carbocycles. The zero-order valence-electron chi connectivity index (χ0n) is 23.5. The first-order chi connectivity index (χ1) is 20.1. The largest absolute Gasteiger partial charge is 0.369 e. The van der Waals surface area contributed by atoms with Crippen LogP contribution in [0.25, 0.3) is 22.6 Å². The van der Waals surface area contributed by atoms with Gasteiger partial charge in [0.25, 0.3) is 5.91 Å². The third-order valence-corrected chi connectivity index (χ3v) is 8.70. The molecule has 3 aromatic heterocycles. The number of aromatic amines is 1. The van der Waals surface area contributed by atoms with Crippen molar-refractivity contribution in [3.05, 3.63) is 77.9 Å². The number of piperazine rings is 1. The van der Waals surface area contributed by atoms with Crippen LogP contribution in [0.5, 0.6) is 0 Å². The van der Waals surface area contributed by atoms with Crippen LogP contribution in [0.3, 0.4) is 0 Å². The van der Waals surface area contributed by atoms with Gasteiger partial charge in [-0.15, -0.1) is 0 Å². The number of carbonyl (C=O) groups excluding carboxylic acids is 1. The molecule has 0 aliphatic carbocycles. The fourth-order valence-electron chi connectivity index (χ4n) is 5.17. The molecule has 1 aliphatic rings. The van der Waals surface area contributed by atoms with E-state index in [9.17, 15) is 24.2 Å². The molecule has 0 bridgehead atoms.